The Kier molecular flexibility index (Phi) is 6.50. The molecule has 1 aromatic carbocycles. The largest absolute Gasteiger partial charge is 0.491 e. The van der Waals surface area contributed by atoms with Crippen LogP contribution in [0, 0.1) is 0 Å². The average Bonchev–Trinajstić information content (AvgIpc) is 2.44. The van der Waals surface area contributed by atoms with Gasteiger partial charge in [-0.05, 0) is 51.3 Å². The van der Waals surface area contributed by atoms with E-state index in [-0.39, 0.29) is 12.1 Å². The summed E-state index contributed by atoms with van der Waals surface area (Å²) >= 11 is 0. The molecule has 0 spiro atoms. The van der Waals surface area contributed by atoms with E-state index >= 15 is 0 Å². The molecule has 0 saturated heterocycles. The molecule has 0 radical (unpaired) electrons. The first-order valence-electron chi connectivity index (χ1n) is 7.62. The van der Waals surface area contributed by atoms with Crippen LogP contribution in [0.2, 0.25) is 0 Å². The Morgan fingerprint density at radius 2 is 1.65 bits per heavy atom. The molecule has 3 heteroatoms. The standard InChI is InChI=1S/C17H29NO2/c1-6-17(19,7-2)12-18-14(5)15-8-10-16(11-9-15)20-13(3)4/h8-11,13-14,18-19H,6-7,12H2,1-5H3. The van der Waals surface area contributed by atoms with Crippen LogP contribution in [0.3, 0.4) is 0 Å². The van der Waals surface area contributed by atoms with Crippen molar-refractivity contribution < 1.29 is 9.84 Å². The summed E-state index contributed by atoms with van der Waals surface area (Å²) in [4.78, 5) is 0. The number of ether oxygens (including phenoxy) is 1. The Balaban J connectivity index is 2.57. The molecule has 1 aromatic rings. The molecule has 0 saturated carbocycles. The fraction of sp³-hybridized carbons (Fsp3) is 0.647. The van der Waals surface area contributed by atoms with Crippen molar-refractivity contribution in [3.05, 3.63) is 29.8 Å². The zero-order valence-electron chi connectivity index (χ0n) is 13.4. The van der Waals surface area contributed by atoms with Crippen molar-refractivity contribution in [3.63, 3.8) is 0 Å². The van der Waals surface area contributed by atoms with E-state index in [4.69, 9.17) is 4.74 Å². The summed E-state index contributed by atoms with van der Waals surface area (Å²) < 4.78 is 5.64. The van der Waals surface area contributed by atoms with E-state index in [1.54, 1.807) is 0 Å². The molecule has 0 aliphatic carbocycles. The molecule has 1 rings (SSSR count). The Labute approximate surface area is 123 Å². The average molecular weight is 279 g/mol. The van der Waals surface area contributed by atoms with Crippen LogP contribution in [0.4, 0.5) is 0 Å². The molecular weight excluding hydrogens is 250 g/mol. The van der Waals surface area contributed by atoms with Crippen LogP contribution in [-0.4, -0.2) is 23.4 Å². The SMILES string of the molecule is CCC(O)(CC)CNC(C)c1ccc(OC(C)C)cc1. The third kappa shape index (κ3) is 5.14. The first-order valence-corrected chi connectivity index (χ1v) is 7.62. The van der Waals surface area contributed by atoms with Gasteiger partial charge in [0.2, 0.25) is 0 Å². The van der Waals surface area contributed by atoms with Crippen molar-refractivity contribution in [2.75, 3.05) is 6.54 Å². The molecule has 0 bridgehead atoms. The molecule has 0 fully saturated rings. The molecule has 114 valence electrons. The predicted molar refractivity (Wildman–Crippen MR) is 84.2 cm³/mol. The van der Waals surface area contributed by atoms with Crippen LogP contribution in [-0.2, 0) is 0 Å². The smallest absolute Gasteiger partial charge is 0.119 e. The molecule has 20 heavy (non-hydrogen) atoms. The van der Waals surface area contributed by atoms with E-state index in [1.165, 1.54) is 5.56 Å². The molecule has 2 N–H and O–H groups in total. The third-order valence-corrected chi connectivity index (χ3v) is 3.81. The zero-order valence-corrected chi connectivity index (χ0v) is 13.4. The quantitative estimate of drug-likeness (QED) is 0.763. The summed E-state index contributed by atoms with van der Waals surface area (Å²) in [6.07, 6.45) is 1.73. The highest BCUT2D eigenvalue weighted by molar-refractivity contribution is 5.29. The fourth-order valence-corrected chi connectivity index (χ4v) is 2.07. The molecule has 0 aromatic heterocycles. The normalized spacial score (nSPS) is 13.6. The predicted octanol–water partition coefficient (Wildman–Crippen LogP) is 3.68. The Morgan fingerprint density at radius 3 is 2.10 bits per heavy atom. The van der Waals surface area contributed by atoms with Crippen molar-refractivity contribution in [3.8, 4) is 5.75 Å². The van der Waals surface area contributed by atoms with Gasteiger partial charge in [0.25, 0.3) is 0 Å². The maximum Gasteiger partial charge on any atom is 0.119 e. The number of benzene rings is 1. The summed E-state index contributed by atoms with van der Waals surface area (Å²) in [7, 11) is 0. The number of nitrogens with one attached hydrogen (secondary N) is 1. The Morgan fingerprint density at radius 1 is 1.10 bits per heavy atom. The van der Waals surface area contributed by atoms with Gasteiger partial charge < -0.3 is 15.2 Å². The molecular formula is C17H29NO2. The van der Waals surface area contributed by atoms with Gasteiger partial charge in [-0.25, -0.2) is 0 Å². The Bertz CT molecular complexity index is 382. The molecule has 1 atom stereocenters. The lowest BCUT2D eigenvalue weighted by atomic mass is 9.96. The zero-order chi connectivity index (χ0) is 15.2. The van der Waals surface area contributed by atoms with Gasteiger partial charge in [-0.1, -0.05) is 26.0 Å². The fourth-order valence-electron chi connectivity index (χ4n) is 2.07. The van der Waals surface area contributed by atoms with Gasteiger partial charge in [-0.15, -0.1) is 0 Å². The highest BCUT2D eigenvalue weighted by Gasteiger charge is 2.22. The van der Waals surface area contributed by atoms with Crippen LogP contribution in [0.15, 0.2) is 24.3 Å². The lowest BCUT2D eigenvalue weighted by Gasteiger charge is -2.27. The first-order chi connectivity index (χ1) is 9.40. The van der Waals surface area contributed by atoms with Gasteiger partial charge in [0.1, 0.15) is 5.75 Å². The van der Waals surface area contributed by atoms with Crippen molar-refractivity contribution in [2.24, 2.45) is 0 Å². The second kappa shape index (κ2) is 7.65. The summed E-state index contributed by atoms with van der Waals surface area (Å²) in [5.74, 6) is 0.898. The lowest BCUT2D eigenvalue weighted by Crippen LogP contribution is -2.40. The van der Waals surface area contributed by atoms with Gasteiger partial charge in [0.05, 0.1) is 11.7 Å². The van der Waals surface area contributed by atoms with Crippen molar-refractivity contribution >= 4 is 0 Å². The molecule has 0 amide bonds. The van der Waals surface area contributed by atoms with Crippen LogP contribution in [0.5, 0.6) is 5.75 Å². The molecule has 0 aliphatic rings. The minimum Gasteiger partial charge on any atom is -0.491 e. The lowest BCUT2D eigenvalue weighted by molar-refractivity contribution is 0.0303. The highest BCUT2D eigenvalue weighted by Crippen LogP contribution is 2.20. The van der Waals surface area contributed by atoms with Crippen LogP contribution in [0.1, 0.15) is 59.1 Å². The van der Waals surface area contributed by atoms with Gasteiger partial charge in [-0.3, -0.25) is 0 Å². The van der Waals surface area contributed by atoms with E-state index in [1.807, 2.05) is 39.8 Å². The minimum absolute atomic E-state index is 0.195. The van der Waals surface area contributed by atoms with Crippen molar-refractivity contribution in [1.82, 2.24) is 5.32 Å². The van der Waals surface area contributed by atoms with E-state index in [0.29, 0.717) is 6.54 Å². The minimum atomic E-state index is -0.602. The number of rotatable bonds is 8. The second-order valence-electron chi connectivity index (χ2n) is 5.77. The molecule has 1 unspecified atom stereocenters. The first kappa shape index (κ1) is 17.0. The Hall–Kier alpha value is -1.06. The van der Waals surface area contributed by atoms with E-state index in [2.05, 4.69) is 24.4 Å². The maximum atomic E-state index is 10.3. The third-order valence-electron chi connectivity index (χ3n) is 3.81. The van der Waals surface area contributed by atoms with Gasteiger partial charge in [0, 0.05) is 12.6 Å². The van der Waals surface area contributed by atoms with Crippen molar-refractivity contribution in [2.45, 2.75) is 65.2 Å². The summed E-state index contributed by atoms with van der Waals surface area (Å²) in [6.45, 7) is 10.8. The number of aliphatic hydroxyl groups is 1. The van der Waals surface area contributed by atoms with E-state index < -0.39 is 5.60 Å². The summed E-state index contributed by atoms with van der Waals surface area (Å²) in [6, 6.07) is 8.37. The molecule has 0 aliphatic heterocycles. The van der Waals surface area contributed by atoms with E-state index in [0.717, 1.165) is 18.6 Å². The van der Waals surface area contributed by atoms with Gasteiger partial charge >= 0.3 is 0 Å². The summed E-state index contributed by atoms with van der Waals surface area (Å²) in [5.41, 5.74) is 0.602. The number of hydrogen-bond acceptors (Lipinski definition) is 3. The monoisotopic (exact) mass is 279 g/mol. The highest BCUT2D eigenvalue weighted by atomic mass is 16.5. The van der Waals surface area contributed by atoms with E-state index in [9.17, 15) is 5.11 Å². The number of hydrogen-bond donors (Lipinski definition) is 2. The molecule has 3 nitrogen and oxygen atoms in total. The maximum absolute atomic E-state index is 10.3. The topological polar surface area (TPSA) is 41.5 Å². The van der Waals surface area contributed by atoms with Crippen molar-refractivity contribution in [1.29, 1.82) is 0 Å². The second-order valence-corrected chi connectivity index (χ2v) is 5.77. The van der Waals surface area contributed by atoms with Gasteiger partial charge in [-0.2, -0.15) is 0 Å². The van der Waals surface area contributed by atoms with Gasteiger partial charge in [0.15, 0.2) is 0 Å². The van der Waals surface area contributed by atoms with Crippen LogP contribution in [0.25, 0.3) is 0 Å². The van der Waals surface area contributed by atoms with Crippen LogP contribution < -0.4 is 10.1 Å². The summed E-state index contributed by atoms with van der Waals surface area (Å²) in [5, 5.41) is 13.7. The van der Waals surface area contributed by atoms with Crippen LogP contribution >= 0.6 is 0 Å². The molecule has 0 heterocycles.